The third kappa shape index (κ3) is 3.16. The maximum Gasteiger partial charge on any atom is 0.263 e. The number of aryl methyl sites for hydroxylation is 1. The summed E-state index contributed by atoms with van der Waals surface area (Å²) in [6.07, 6.45) is 2.04. The summed E-state index contributed by atoms with van der Waals surface area (Å²) in [5.41, 5.74) is 2.47. The number of pyridine rings is 1. The van der Waals surface area contributed by atoms with Gasteiger partial charge in [-0.15, -0.1) is 0 Å². The number of carbonyl (C=O) groups excluding carboxylic acids is 1. The first-order valence-electron chi connectivity index (χ1n) is 9.42. The molecule has 0 N–H and O–H groups in total. The molecule has 1 saturated heterocycles. The zero-order valence-corrected chi connectivity index (χ0v) is 16.8. The van der Waals surface area contributed by atoms with Gasteiger partial charge in [0.1, 0.15) is 5.65 Å². The van der Waals surface area contributed by atoms with Crippen LogP contribution in [0, 0.1) is 11.7 Å². The summed E-state index contributed by atoms with van der Waals surface area (Å²) in [7, 11) is 1.66. The Balaban J connectivity index is 1.91. The summed E-state index contributed by atoms with van der Waals surface area (Å²) >= 11 is 5.53. The van der Waals surface area contributed by atoms with Gasteiger partial charge < -0.3 is 4.90 Å². The van der Waals surface area contributed by atoms with Gasteiger partial charge in [-0.3, -0.25) is 18.7 Å². The quantitative estimate of drug-likeness (QED) is 0.641. The van der Waals surface area contributed by atoms with Crippen LogP contribution < -0.4 is 5.56 Å². The van der Waals surface area contributed by atoms with Crippen molar-refractivity contribution < 1.29 is 4.79 Å². The van der Waals surface area contributed by atoms with E-state index < -0.39 is 0 Å². The monoisotopic (exact) mass is 394 g/mol. The highest BCUT2D eigenvalue weighted by Gasteiger charge is 2.23. The predicted molar refractivity (Wildman–Crippen MR) is 111 cm³/mol. The zero-order valence-electron chi connectivity index (χ0n) is 16.0. The van der Waals surface area contributed by atoms with Crippen molar-refractivity contribution in [3.8, 4) is 0 Å². The van der Waals surface area contributed by atoms with Crippen molar-refractivity contribution in [2.75, 3.05) is 13.1 Å². The molecule has 1 aliphatic heterocycles. The van der Waals surface area contributed by atoms with Gasteiger partial charge in [-0.05, 0) is 43.6 Å². The van der Waals surface area contributed by atoms with Gasteiger partial charge in [0, 0.05) is 20.1 Å². The standard InChI is InChI=1S/C21H22N4O2S/c1-14-16(20(27)24-10-6-7-11-24)12-17-18(22-14)25(21(28)23(2)19(17)26)13-15-8-4-3-5-9-15/h3-5,8-9,12H,6-7,10-11,13H2,1-2H3. The molecule has 1 amide bonds. The van der Waals surface area contributed by atoms with Gasteiger partial charge in [-0.25, -0.2) is 4.98 Å². The molecule has 28 heavy (non-hydrogen) atoms. The minimum atomic E-state index is -0.229. The molecule has 3 aromatic rings. The lowest BCUT2D eigenvalue weighted by Gasteiger charge is -2.18. The summed E-state index contributed by atoms with van der Waals surface area (Å²) in [6, 6.07) is 11.6. The fourth-order valence-corrected chi connectivity index (χ4v) is 3.94. The van der Waals surface area contributed by atoms with Crippen LogP contribution >= 0.6 is 12.2 Å². The smallest absolute Gasteiger partial charge is 0.263 e. The van der Waals surface area contributed by atoms with Crippen molar-refractivity contribution in [3.63, 3.8) is 0 Å². The van der Waals surface area contributed by atoms with E-state index in [1.54, 1.807) is 13.1 Å². The van der Waals surface area contributed by atoms with E-state index in [4.69, 9.17) is 12.2 Å². The third-order valence-electron chi connectivity index (χ3n) is 5.31. The van der Waals surface area contributed by atoms with Crippen LogP contribution in [-0.4, -0.2) is 38.0 Å². The minimum Gasteiger partial charge on any atom is -0.339 e. The van der Waals surface area contributed by atoms with Crippen molar-refractivity contribution in [1.82, 2.24) is 19.0 Å². The van der Waals surface area contributed by atoms with Crippen LogP contribution in [-0.2, 0) is 13.6 Å². The molecule has 0 saturated carbocycles. The molecule has 0 spiro atoms. The Hall–Kier alpha value is -2.80. The maximum atomic E-state index is 12.9. The van der Waals surface area contributed by atoms with Crippen molar-refractivity contribution >= 4 is 29.2 Å². The first-order chi connectivity index (χ1) is 13.5. The van der Waals surface area contributed by atoms with Gasteiger partial charge in [0.2, 0.25) is 0 Å². The first-order valence-corrected chi connectivity index (χ1v) is 9.82. The summed E-state index contributed by atoms with van der Waals surface area (Å²) < 4.78 is 3.71. The molecule has 3 heterocycles. The van der Waals surface area contributed by atoms with E-state index in [0.717, 1.165) is 31.5 Å². The van der Waals surface area contributed by atoms with Crippen LogP contribution in [0.5, 0.6) is 0 Å². The SMILES string of the molecule is Cc1nc2c(cc1C(=O)N1CCCC1)c(=O)n(C)c(=S)n2Cc1ccccc1. The highest BCUT2D eigenvalue weighted by Crippen LogP contribution is 2.19. The highest BCUT2D eigenvalue weighted by molar-refractivity contribution is 7.71. The van der Waals surface area contributed by atoms with Crippen molar-refractivity contribution in [2.45, 2.75) is 26.3 Å². The molecule has 4 rings (SSSR count). The average molecular weight is 394 g/mol. The normalized spacial score (nSPS) is 14.0. The summed E-state index contributed by atoms with van der Waals surface area (Å²) in [5.74, 6) is -0.0523. The molecule has 0 radical (unpaired) electrons. The molecule has 1 aliphatic rings. The highest BCUT2D eigenvalue weighted by atomic mass is 32.1. The molecule has 7 heteroatoms. The van der Waals surface area contributed by atoms with E-state index >= 15 is 0 Å². The molecular weight excluding hydrogens is 372 g/mol. The van der Waals surface area contributed by atoms with E-state index in [-0.39, 0.29) is 11.5 Å². The average Bonchev–Trinajstić information content (AvgIpc) is 3.24. The zero-order chi connectivity index (χ0) is 19.8. The number of carbonyl (C=O) groups is 1. The second-order valence-electron chi connectivity index (χ2n) is 7.21. The number of nitrogens with zero attached hydrogens (tertiary/aromatic N) is 4. The number of rotatable bonds is 3. The van der Waals surface area contributed by atoms with Crippen LogP contribution in [0.15, 0.2) is 41.2 Å². The Bertz CT molecular complexity index is 1170. The van der Waals surface area contributed by atoms with E-state index in [9.17, 15) is 9.59 Å². The summed E-state index contributed by atoms with van der Waals surface area (Å²) in [5, 5.41) is 0.417. The molecule has 0 aliphatic carbocycles. The number of amides is 1. The number of likely N-dealkylation sites (tertiary alicyclic amines) is 1. The molecule has 6 nitrogen and oxygen atoms in total. The Morgan fingerprint density at radius 3 is 2.54 bits per heavy atom. The second kappa shape index (κ2) is 7.31. The fourth-order valence-electron chi connectivity index (χ4n) is 3.71. The minimum absolute atomic E-state index is 0.0523. The lowest BCUT2D eigenvalue weighted by Crippen LogP contribution is -2.30. The Labute approximate surface area is 168 Å². The number of hydrogen-bond acceptors (Lipinski definition) is 4. The largest absolute Gasteiger partial charge is 0.339 e. The Morgan fingerprint density at radius 1 is 1.18 bits per heavy atom. The second-order valence-corrected chi connectivity index (χ2v) is 7.58. The van der Waals surface area contributed by atoms with E-state index in [2.05, 4.69) is 4.98 Å². The van der Waals surface area contributed by atoms with Crippen molar-refractivity contribution in [2.24, 2.45) is 7.05 Å². The van der Waals surface area contributed by atoms with Gasteiger partial charge in [0.25, 0.3) is 11.5 Å². The number of fused-ring (bicyclic) bond motifs is 1. The first kappa shape index (κ1) is 18.6. The van der Waals surface area contributed by atoms with Crippen LogP contribution in [0.4, 0.5) is 0 Å². The summed E-state index contributed by atoms with van der Waals surface area (Å²) in [6.45, 7) is 3.84. The number of hydrogen-bond donors (Lipinski definition) is 0. The van der Waals surface area contributed by atoms with Crippen LogP contribution in [0.25, 0.3) is 11.0 Å². The molecule has 0 bridgehead atoms. The molecule has 144 valence electrons. The lowest BCUT2D eigenvalue weighted by atomic mass is 10.1. The van der Waals surface area contributed by atoms with Crippen LogP contribution in [0.1, 0.15) is 34.5 Å². The van der Waals surface area contributed by atoms with Gasteiger partial charge >= 0.3 is 0 Å². The summed E-state index contributed by atoms with van der Waals surface area (Å²) in [4.78, 5) is 32.3. The van der Waals surface area contributed by atoms with E-state index in [1.807, 2.05) is 46.7 Å². The Kier molecular flexibility index (Phi) is 4.85. The van der Waals surface area contributed by atoms with Crippen molar-refractivity contribution in [3.05, 3.63) is 68.3 Å². The van der Waals surface area contributed by atoms with E-state index in [1.165, 1.54) is 4.57 Å². The van der Waals surface area contributed by atoms with Gasteiger partial charge in [0.05, 0.1) is 23.2 Å². The van der Waals surface area contributed by atoms with Gasteiger partial charge in [0.15, 0.2) is 4.77 Å². The topological polar surface area (TPSA) is 60.1 Å². The Morgan fingerprint density at radius 2 is 1.86 bits per heavy atom. The molecule has 2 aromatic heterocycles. The van der Waals surface area contributed by atoms with Crippen LogP contribution in [0.3, 0.4) is 0 Å². The number of aromatic nitrogens is 3. The molecule has 1 aromatic carbocycles. The molecule has 0 unspecified atom stereocenters. The molecule has 1 fully saturated rings. The third-order valence-corrected chi connectivity index (χ3v) is 5.80. The van der Waals surface area contributed by atoms with E-state index in [0.29, 0.717) is 33.6 Å². The molecular formula is C21H22N4O2S. The number of benzene rings is 1. The molecule has 0 atom stereocenters. The van der Waals surface area contributed by atoms with Gasteiger partial charge in [-0.1, -0.05) is 30.3 Å². The fraction of sp³-hybridized carbons (Fsp3) is 0.333. The van der Waals surface area contributed by atoms with Crippen molar-refractivity contribution in [1.29, 1.82) is 0 Å². The predicted octanol–water partition coefficient (Wildman–Crippen LogP) is 3.06. The maximum absolute atomic E-state index is 12.9. The van der Waals surface area contributed by atoms with Gasteiger partial charge in [-0.2, -0.15) is 0 Å². The lowest BCUT2D eigenvalue weighted by molar-refractivity contribution is 0.0792. The van der Waals surface area contributed by atoms with Crippen LogP contribution in [0.2, 0.25) is 0 Å².